The number of hydrogen-bond acceptors (Lipinski definition) is 5. The van der Waals surface area contributed by atoms with E-state index in [1.165, 1.54) is 23.1 Å². The van der Waals surface area contributed by atoms with Crippen molar-refractivity contribution in [3.8, 4) is 5.75 Å². The fourth-order valence-corrected chi connectivity index (χ4v) is 6.12. The highest BCUT2D eigenvalue weighted by molar-refractivity contribution is 7.91. The lowest BCUT2D eigenvalue weighted by Gasteiger charge is -2.34. The van der Waals surface area contributed by atoms with Gasteiger partial charge in [-0.3, -0.25) is 14.5 Å². The van der Waals surface area contributed by atoms with Gasteiger partial charge in [-0.25, -0.2) is 8.42 Å². The molecule has 34 heavy (non-hydrogen) atoms. The fraction of sp³-hybridized carbons (Fsp3) is 0.417. The average Bonchev–Trinajstić information content (AvgIpc) is 2.95. The van der Waals surface area contributed by atoms with Crippen molar-refractivity contribution < 1.29 is 31.5 Å². The highest BCUT2D eigenvalue weighted by Crippen LogP contribution is 2.46. The smallest absolute Gasteiger partial charge is 0.387 e. The van der Waals surface area contributed by atoms with Crippen LogP contribution in [0.2, 0.25) is 0 Å². The molecule has 1 saturated heterocycles. The third-order valence-electron chi connectivity index (χ3n) is 6.56. The second-order valence-electron chi connectivity index (χ2n) is 9.54. The number of nitrogens with one attached hydrogen (secondary N) is 1. The predicted molar refractivity (Wildman–Crippen MR) is 123 cm³/mol. The second kappa shape index (κ2) is 8.33. The molecule has 0 unspecified atom stereocenters. The summed E-state index contributed by atoms with van der Waals surface area (Å²) >= 11 is 0. The quantitative estimate of drug-likeness (QED) is 0.683. The molecule has 2 amide bonds. The second-order valence-corrected chi connectivity index (χ2v) is 11.8. The molecule has 2 aromatic rings. The van der Waals surface area contributed by atoms with Crippen LogP contribution in [0.25, 0.3) is 0 Å². The van der Waals surface area contributed by atoms with E-state index in [1.807, 2.05) is 6.92 Å². The Morgan fingerprint density at radius 3 is 2.41 bits per heavy atom. The van der Waals surface area contributed by atoms with Crippen molar-refractivity contribution in [3.05, 3.63) is 53.6 Å². The van der Waals surface area contributed by atoms with Gasteiger partial charge in [0.2, 0.25) is 5.91 Å². The van der Waals surface area contributed by atoms with Crippen LogP contribution >= 0.6 is 0 Å². The summed E-state index contributed by atoms with van der Waals surface area (Å²) in [6.07, 6.45) is 0.668. The van der Waals surface area contributed by atoms with Crippen LogP contribution in [0.4, 0.5) is 20.2 Å². The van der Waals surface area contributed by atoms with E-state index in [9.17, 15) is 26.8 Å². The summed E-state index contributed by atoms with van der Waals surface area (Å²) in [6.45, 7) is 2.32. The van der Waals surface area contributed by atoms with E-state index in [0.29, 0.717) is 35.3 Å². The Hall–Kier alpha value is -3.01. The van der Waals surface area contributed by atoms with Gasteiger partial charge >= 0.3 is 6.61 Å². The Bertz CT molecular complexity index is 1250. The molecule has 4 rings (SSSR count). The van der Waals surface area contributed by atoms with Crippen LogP contribution in [-0.2, 0) is 20.0 Å². The number of rotatable bonds is 5. The first-order valence-corrected chi connectivity index (χ1v) is 12.7. The average molecular weight is 493 g/mol. The fourth-order valence-electron chi connectivity index (χ4n) is 4.39. The number of sulfone groups is 1. The first-order chi connectivity index (χ1) is 15.8. The van der Waals surface area contributed by atoms with Gasteiger partial charge in [0.05, 0.1) is 28.3 Å². The predicted octanol–water partition coefficient (Wildman–Crippen LogP) is 3.94. The molecule has 0 aliphatic carbocycles. The van der Waals surface area contributed by atoms with Crippen molar-refractivity contribution in [2.75, 3.05) is 16.4 Å². The van der Waals surface area contributed by atoms with Crippen LogP contribution < -0.4 is 15.0 Å². The van der Waals surface area contributed by atoms with E-state index in [-0.39, 0.29) is 29.1 Å². The highest BCUT2D eigenvalue weighted by Gasteiger charge is 2.45. The van der Waals surface area contributed by atoms with Gasteiger partial charge in [0.25, 0.3) is 5.91 Å². The van der Waals surface area contributed by atoms with Crippen LogP contribution in [-0.4, -0.2) is 43.9 Å². The minimum atomic E-state index is -3.07. The van der Waals surface area contributed by atoms with E-state index in [4.69, 9.17) is 0 Å². The largest absolute Gasteiger partial charge is 0.435 e. The maximum atomic E-state index is 13.3. The van der Waals surface area contributed by atoms with Gasteiger partial charge in [-0.05, 0) is 69.5 Å². The molecular weight excluding hydrogens is 466 g/mol. The van der Waals surface area contributed by atoms with Crippen LogP contribution in [0, 0.1) is 0 Å². The summed E-state index contributed by atoms with van der Waals surface area (Å²) in [7, 11) is -3.07. The number of hydrogen-bond donors (Lipinski definition) is 1. The minimum absolute atomic E-state index is 0.0266. The van der Waals surface area contributed by atoms with Crippen molar-refractivity contribution >= 4 is 33.0 Å². The first kappa shape index (κ1) is 24.1. The van der Waals surface area contributed by atoms with Crippen LogP contribution in [0.15, 0.2) is 42.5 Å². The lowest BCUT2D eigenvalue weighted by Crippen LogP contribution is -2.50. The standard InChI is InChI=1S/C24H26F2N2O5S/c1-23(2)18-13-15(20(29)27-24(3)9-11-34(31,32)12-10-24)7-8-19(18)28(21(23)30)16-5-4-6-17(14-16)33-22(25)26/h4-8,13-14,22H,9-12H2,1-3H3,(H,27,29). The van der Waals surface area contributed by atoms with Crippen molar-refractivity contribution in [1.82, 2.24) is 5.32 Å². The third-order valence-corrected chi connectivity index (χ3v) is 8.21. The molecular formula is C24H26F2N2O5S. The van der Waals surface area contributed by atoms with Crippen molar-refractivity contribution in [3.63, 3.8) is 0 Å². The zero-order chi connectivity index (χ0) is 24.9. The van der Waals surface area contributed by atoms with Gasteiger partial charge in [0.1, 0.15) is 15.6 Å². The minimum Gasteiger partial charge on any atom is -0.435 e. The molecule has 182 valence electrons. The number of benzene rings is 2. The first-order valence-electron chi connectivity index (χ1n) is 10.9. The Labute approximate surface area is 197 Å². The summed E-state index contributed by atoms with van der Waals surface area (Å²) in [5, 5.41) is 2.96. The monoisotopic (exact) mass is 492 g/mol. The number of anilines is 2. The Kier molecular flexibility index (Phi) is 5.91. The molecule has 10 heteroatoms. The molecule has 1 N–H and O–H groups in total. The number of amides is 2. The van der Waals surface area contributed by atoms with Gasteiger partial charge in [-0.2, -0.15) is 8.78 Å². The Morgan fingerprint density at radius 1 is 1.09 bits per heavy atom. The number of carbonyl (C=O) groups is 2. The van der Waals surface area contributed by atoms with E-state index >= 15 is 0 Å². The normalized spacial score (nSPS) is 20.2. The van der Waals surface area contributed by atoms with Crippen molar-refractivity contribution in [2.45, 2.75) is 51.2 Å². The molecule has 2 heterocycles. The molecule has 7 nitrogen and oxygen atoms in total. The van der Waals surface area contributed by atoms with Crippen LogP contribution in [0.3, 0.4) is 0 Å². The van der Waals surface area contributed by atoms with Crippen molar-refractivity contribution in [2.24, 2.45) is 0 Å². The number of ether oxygens (including phenoxy) is 1. The van der Waals surface area contributed by atoms with E-state index in [1.54, 1.807) is 38.1 Å². The zero-order valence-corrected chi connectivity index (χ0v) is 19.9. The zero-order valence-electron chi connectivity index (χ0n) is 19.1. The summed E-state index contributed by atoms with van der Waals surface area (Å²) in [5.74, 6) is -0.625. The maximum Gasteiger partial charge on any atom is 0.387 e. The number of alkyl halides is 2. The highest BCUT2D eigenvalue weighted by atomic mass is 32.2. The molecule has 0 aromatic heterocycles. The molecule has 2 aromatic carbocycles. The van der Waals surface area contributed by atoms with Gasteiger partial charge in [0.15, 0.2) is 0 Å². The Morgan fingerprint density at radius 2 is 1.76 bits per heavy atom. The van der Waals surface area contributed by atoms with Gasteiger partial charge in [0, 0.05) is 17.2 Å². The van der Waals surface area contributed by atoms with E-state index < -0.39 is 27.4 Å². The summed E-state index contributed by atoms with van der Waals surface area (Å²) in [6, 6.07) is 10.8. The third kappa shape index (κ3) is 4.51. The van der Waals surface area contributed by atoms with Gasteiger partial charge in [-0.1, -0.05) is 6.07 Å². The van der Waals surface area contributed by atoms with Gasteiger partial charge < -0.3 is 10.1 Å². The van der Waals surface area contributed by atoms with E-state index in [0.717, 1.165) is 0 Å². The van der Waals surface area contributed by atoms with Gasteiger partial charge in [-0.15, -0.1) is 0 Å². The molecule has 0 bridgehead atoms. The molecule has 0 saturated carbocycles. The number of fused-ring (bicyclic) bond motifs is 1. The topological polar surface area (TPSA) is 92.8 Å². The number of nitrogens with zero attached hydrogens (tertiary/aromatic N) is 1. The molecule has 0 spiro atoms. The number of carbonyl (C=O) groups excluding carboxylic acids is 2. The van der Waals surface area contributed by atoms with Crippen molar-refractivity contribution in [1.29, 1.82) is 0 Å². The summed E-state index contributed by atoms with van der Waals surface area (Å²) in [5.41, 5.74) is 0.309. The lowest BCUT2D eigenvalue weighted by molar-refractivity contribution is -0.121. The lowest BCUT2D eigenvalue weighted by atomic mass is 9.85. The summed E-state index contributed by atoms with van der Waals surface area (Å²) < 4.78 is 53.3. The maximum absolute atomic E-state index is 13.3. The molecule has 0 atom stereocenters. The number of halogens is 2. The van der Waals surface area contributed by atoms with E-state index in [2.05, 4.69) is 10.1 Å². The SMILES string of the molecule is CC1(NC(=O)c2ccc3c(c2)C(C)(C)C(=O)N3c2cccc(OC(F)F)c2)CCS(=O)(=O)CC1. The summed E-state index contributed by atoms with van der Waals surface area (Å²) in [4.78, 5) is 27.8. The van der Waals surface area contributed by atoms with Crippen LogP contribution in [0.1, 0.15) is 49.5 Å². The molecule has 0 radical (unpaired) electrons. The molecule has 1 fully saturated rings. The molecule has 2 aliphatic rings. The Balaban J connectivity index is 1.63. The molecule has 2 aliphatic heterocycles. The van der Waals surface area contributed by atoms with Crippen LogP contribution in [0.5, 0.6) is 5.75 Å².